The first-order chi connectivity index (χ1) is 14.8. The van der Waals surface area contributed by atoms with Crippen molar-refractivity contribution < 1.29 is 28.2 Å². The molecule has 6 nitrogen and oxygen atoms in total. The third-order valence-corrected chi connectivity index (χ3v) is 5.78. The van der Waals surface area contributed by atoms with Crippen molar-refractivity contribution in [3.63, 3.8) is 0 Å². The zero-order chi connectivity index (χ0) is 22.0. The average molecular weight is 432 g/mol. The van der Waals surface area contributed by atoms with Gasteiger partial charge < -0.3 is 24.8 Å². The van der Waals surface area contributed by atoms with Crippen LogP contribution in [0.15, 0.2) is 36.4 Å². The van der Waals surface area contributed by atoms with E-state index in [0.29, 0.717) is 18.7 Å². The van der Waals surface area contributed by atoms with Crippen molar-refractivity contribution in [1.82, 2.24) is 4.90 Å². The van der Waals surface area contributed by atoms with Gasteiger partial charge in [-0.1, -0.05) is 0 Å². The van der Waals surface area contributed by atoms with Crippen LogP contribution in [-0.2, 0) is 11.2 Å². The molecule has 0 bridgehead atoms. The van der Waals surface area contributed by atoms with Crippen LogP contribution in [0.3, 0.4) is 0 Å². The predicted molar refractivity (Wildman–Crippen MR) is 111 cm³/mol. The molecule has 2 aliphatic rings. The number of β-amino-alcohol motifs (C(OH)–C–C–N with tert-alkyl or cyclic N) is 1. The number of aliphatic hydroxyl groups excluding tert-OH is 1. The number of fused-ring (bicyclic) bond motifs is 1. The van der Waals surface area contributed by atoms with Gasteiger partial charge in [-0.3, -0.25) is 4.79 Å². The molecule has 1 fully saturated rings. The first kappa shape index (κ1) is 21.5. The standard InChI is InChI=1S/C23H26F2N2O4/c1-15(28)26-20-4-2-18(25)11-22(20)30-14-19(29)13-27-8-6-23(7-9-27)12-16-10-17(24)3-5-21(16)31-23/h2-5,10-11,19,29H,6-9,12-14H2,1H3,(H,26,28)/t19-/m0/s1. The lowest BCUT2D eigenvalue weighted by atomic mass is 9.87. The molecule has 8 heteroatoms. The summed E-state index contributed by atoms with van der Waals surface area (Å²) in [4.78, 5) is 13.4. The van der Waals surface area contributed by atoms with Crippen LogP contribution in [0.25, 0.3) is 0 Å². The highest BCUT2D eigenvalue weighted by Gasteiger charge is 2.42. The van der Waals surface area contributed by atoms with Crippen LogP contribution in [0, 0.1) is 11.6 Å². The van der Waals surface area contributed by atoms with Crippen LogP contribution in [0.2, 0.25) is 0 Å². The van der Waals surface area contributed by atoms with E-state index in [1.54, 1.807) is 12.1 Å². The summed E-state index contributed by atoms with van der Waals surface area (Å²) in [6.45, 7) is 3.21. The molecule has 1 atom stereocenters. The number of ether oxygens (including phenoxy) is 2. The molecule has 1 amide bonds. The summed E-state index contributed by atoms with van der Waals surface area (Å²) in [5.74, 6) is -0.0971. The number of carbonyl (C=O) groups excluding carboxylic acids is 1. The van der Waals surface area contributed by atoms with Crippen molar-refractivity contribution >= 4 is 11.6 Å². The molecule has 1 saturated heterocycles. The van der Waals surface area contributed by atoms with Crippen molar-refractivity contribution in [1.29, 1.82) is 0 Å². The fourth-order valence-electron chi connectivity index (χ4n) is 4.27. The number of nitrogens with one attached hydrogen (secondary N) is 1. The van der Waals surface area contributed by atoms with Crippen LogP contribution in [0.4, 0.5) is 14.5 Å². The summed E-state index contributed by atoms with van der Waals surface area (Å²) in [6, 6.07) is 8.48. The van der Waals surface area contributed by atoms with Crippen molar-refractivity contribution in [2.75, 3.05) is 31.6 Å². The van der Waals surface area contributed by atoms with Crippen molar-refractivity contribution in [2.24, 2.45) is 0 Å². The number of halogens is 2. The summed E-state index contributed by atoms with van der Waals surface area (Å²) in [6.07, 6.45) is 1.49. The monoisotopic (exact) mass is 432 g/mol. The molecular formula is C23H26F2N2O4. The Kier molecular flexibility index (Phi) is 6.11. The highest BCUT2D eigenvalue weighted by molar-refractivity contribution is 5.90. The Morgan fingerprint density at radius 1 is 1.23 bits per heavy atom. The zero-order valence-corrected chi connectivity index (χ0v) is 17.4. The summed E-state index contributed by atoms with van der Waals surface area (Å²) in [5.41, 5.74) is 0.963. The Bertz CT molecular complexity index is 961. The second kappa shape index (κ2) is 8.80. The molecule has 2 heterocycles. The third-order valence-electron chi connectivity index (χ3n) is 5.78. The van der Waals surface area contributed by atoms with Gasteiger partial charge in [0.05, 0.1) is 5.69 Å². The number of carbonyl (C=O) groups is 1. The van der Waals surface area contributed by atoms with Gasteiger partial charge in [-0.25, -0.2) is 8.78 Å². The summed E-state index contributed by atoms with van der Waals surface area (Å²) in [7, 11) is 0. The Balaban J connectivity index is 1.27. The molecular weight excluding hydrogens is 406 g/mol. The number of nitrogens with zero attached hydrogens (tertiary/aromatic N) is 1. The Morgan fingerprint density at radius 2 is 1.94 bits per heavy atom. The fraction of sp³-hybridized carbons (Fsp3) is 0.435. The number of piperidine rings is 1. The third kappa shape index (κ3) is 5.14. The molecule has 0 unspecified atom stereocenters. The van der Waals surface area contributed by atoms with E-state index in [1.807, 2.05) is 0 Å². The number of amides is 1. The second-order valence-electron chi connectivity index (χ2n) is 8.30. The quantitative estimate of drug-likeness (QED) is 0.734. The van der Waals surface area contributed by atoms with Gasteiger partial charge in [0, 0.05) is 57.5 Å². The number of aliphatic hydroxyl groups is 1. The van der Waals surface area contributed by atoms with Crippen molar-refractivity contribution in [2.45, 2.75) is 37.9 Å². The SMILES string of the molecule is CC(=O)Nc1ccc(F)cc1OC[C@@H](O)CN1CCC2(CC1)Cc1cc(F)ccc1O2. The van der Waals surface area contributed by atoms with Crippen LogP contribution in [0.5, 0.6) is 11.5 Å². The maximum Gasteiger partial charge on any atom is 0.221 e. The van der Waals surface area contributed by atoms with Gasteiger partial charge in [-0.05, 0) is 30.3 Å². The maximum absolute atomic E-state index is 13.6. The van der Waals surface area contributed by atoms with E-state index in [2.05, 4.69) is 10.2 Å². The molecule has 2 N–H and O–H groups in total. The van der Waals surface area contributed by atoms with Gasteiger partial charge in [0.25, 0.3) is 0 Å². The van der Waals surface area contributed by atoms with Gasteiger partial charge in [-0.2, -0.15) is 0 Å². The molecule has 0 saturated carbocycles. The summed E-state index contributed by atoms with van der Waals surface area (Å²) in [5, 5.41) is 13.0. The van der Waals surface area contributed by atoms with E-state index in [4.69, 9.17) is 9.47 Å². The van der Waals surface area contributed by atoms with Crippen LogP contribution in [0.1, 0.15) is 25.3 Å². The van der Waals surface area contributed by atoms with Gasteiger partial charge >= 0.3 is 0 Å². The normalized spacial score (nSPS) is 18.3. The Hall–Kier alpha value is -2.71. The maximum atomic E-state index is 13.6. The highest BCUT2D eigenvalue weighted by atomic mass is 19.1. The minimum Gasteiger partial charge on any atom is -0.489 e. The van der Waals surface area contributed by atoms with E-state index >= 15 is 0 Å². The number of rotatable bonds is 6. The lowest BCUT2D eigenvalue weighted by Crippen LogP contribution is -2.49. The number of benzene rings is 2. The van der Waals surface area contributed by atoms with E-state index in [0.717, 1.165) is 37.2 Å². The van der Waals surface area contributed by atoms with Gasteiger partial charge in [-0.15, -0.1) is 0 Å². The van der Waals surface area contributed by atoms with Gasteiger partial charge in [0.2, 0.25) is 5.91 Å². The lowest BCUT2D eigenvalue weighted by molar-refractivity contribution is -0.114. The van der Waals surface area contributed by atoms with Gasteiger partial charge in [0.1, 0.15) is 41.4 Å². The number of likely N-dealkylation sites (tertiary alicyclic amines) is 1. The van der Waals surface area contributed by atoms with Crippen molar-refractivity contribution in [3.8, 4) is 11.5 Å². The Labute approximate surface area is 179 Å². The topological polar surface area (TPSA) is 71.0 Å². The molecule has 31 heavy (non-hydrogen) atoms. The van der Waals surface area contributed by atoms with Crippen LogP contribution >= 0.6 is 0 Å². The molecule has 0 aliphatic carbocycles. The van der Waals surface area contributed by atoms with Crippen molar-refractivity contribution in [3.05, 3.63) is 53.6 Å². The van der Waals surface area contributed by atoms with E-state index in [1.165, 1.54) is 31.2 Å². The molecule has 1 spiro atoms. The van der Waals surface area contributed by atoms with Crippen LogP contribution in [-0.4, -0.2) is 53.9 Å². The average Bonchev–Trinajstić information content (AvgIpc) is 3.06. The minimum absolute atomic E-state index is 0.0289. The second-order valence-corrected chi connectivity index (χ2v) is 8.30. The number of hydrogen-bond acceptors (Lipinski definition) is 5. The highest BCUT2D eigenvalue weighted by Crippen LogP contribution is 2.41. The largest absolute Gasteiger partial charge is 0.489 e. The molecule has 2 aliphatic heterocycles. The summed E-state index contributed by atoms with van der Waals surface area (Å²) < 4.78 is 38.8. The van der Waals surface area contributed by atoms with Gasteiger partial charge in [0.15, 0.2) is 0 Å². The molecule has 0 radical (unpaired) electrons. The first-order valence-electron chi connectivity index (χ1n) is 10.4. The number of hydrogen-bond donors (Lipinski definition) is 2. The molecule has 2 aromatic carbocycles. The minimum atomic E-state index is -0.779. The zero-order valence-electron chi connectivity index (χ0n) is 17.4. The Morgan fingerprint density at radius 3 is 2.68 bits per heavy atom. The molecule has 4 rings (SSSR count). The van der Waals surface area contributed by atoms with Crippen LogP contribution < -0.4 is 14.8 Å². The number of anilines is 1. The van der Waals surface area contributed by atoms with E-state index in [-0.39, 0.29) is 29.7 Å². The lowest BCUT2D eigenvalue weighted by Gasteiger charge is -2.39. The summed E-state index contributed by atoms with van der Waals surface area (Å²) >= 11 is 0. The molecule has 2 aromatic rings. The fourth-order valence-corrected chi connectivity index (χ4v) is 4.27. The predicted octanol–water partition coefficient (Wildman–Crippen LogP) is 3.13. The smallest absolute Gasteiger partial charge is 0.221 e. The van der Waals surface area contributed by atoms with E-state index < -0.39 is 11.9 Å². The molecule has 166 valence electrons. The molecule has 0 aromatic heterocycles. The first-order valence-corrected chi connectivity index (χ1v) is 10.4. The van der Waals surface area contributed by atoms with E-state index in [9.17, 15) is 18.7 Å².